The molecule has 1 aromatic heterocycles. The van der Waals surface area contributed by atoms with Crippen molar-refractivity contribution in [2.24, 2.45) is 11.8 Å². The highest BCUT2D eigenvalue weighted by atomic mass is 16.5. The van der Waals surface area contributed by atoms with Crippen molar-refractivity contribution in [2.45, 2.75) is 51.6 Å². The predicted molar refractivity (Wildman–Crippen MR) is 112 cm³/mol. The summed E-state index contributed by atoms with van der Waals surface area (Å²) in [5, 5.41) is 6.67. The number of rotatable bonds is 7. The molecule has 3 heterocycles. The SMILES string of the molecule is COc1cc(N[C@H]2CC[C@@H](C(=O)NCC(C)C)CN(C3CCOCC3)C2)ncn1. The summed E-state index contributed by atoms with van der Waals surface area (Å²) in [4.78, 5) is 23.7. The van der Waals surface area contributed by atoms with Gasteiger partial charge in [-0.2, -0.15) is 0 Å². The zero-order valence-electron chi connectivity index (χ0n) is 17.9. The van der Waals surface area contributed by atoms with E-state index in [9.17, 15) is 4.79 Å². The van der Waals surface area contributed by atoms with Crippen molar-refractivity contribution in [3.63, 3.8) is 0 Å². The molecular formula is C21H35N5O3. The second-order valence-corrected chi connectivity index (χ2v) is 8.50. The van der Waals surface area contributed by atoms with Gasteiger partial charge in [-0.05, 0) is 31.6 Å². The molecule has 0 radical (unpaired) electrons. The van der Waals surface area contributed by atoms with Crippen LogP contribution in [-0.2, 0) is 9.53 Å². The highest BCUT2D eigenvalue weighted by Gasteiger charge is 2.32. The molecule has 2 aliphatic rings. The summed E-state index contributed by atoms with van der Waals surface area (Å²) in [7, 11) is 1.60. The third-order valence-corrected chi connectivity index (χ3v) is 5.74. The molecule has 8 nitrogen and oxygen atoms in total. The fourth-order valence-corrected chi connectivity index (χ4v) is 4.09. The number of likely N-dealkylation sites (tertiary alicyclic amines) is 1. The standard InChI is InChI=1S/C21H35N5O3/c1-15(2)11-22-21(27)16-4-5-17(25-19-10-20(28-3)24-14-23-19)13-26(12-16)18-6-8-29-9-7-18/h10,14-18H,4-9,11-13H2,1-3H3,(H,22,27)(H,23,24,25)/t16-,17+/m1/s1. The lowest BCUT2D eigenvalue weighted by atomic mass is 10.00. The number of methoxy groups -OCH3 is 1. The average molecular weight is 406 g/mol. The zero-order chi connectivity index (χ0) is 20.6. The average Bonchev–Trinajstić information content (AvgIpc) is 2.95. The Bertz CT molecular complexity index is 651. The maximum atomic E-state index is 12.8. The van der Waals surface area contributed by atoms with Crippen molar-refractivity contribution in [1.82, 2.24) is 20.2 Å². The Labute approximate surface area is 173 Å². The summed E-state index contributed by atoms with van der Waals surface area (Å²) < 4.78 is 10.8. The van der Waals surface area contributed by atoms with E-state index in [4.69, 9.17) is 9.47 Å². The van der Waals surface area contributed by atoms with E-state index in [1.807, 2.05) is 6.07 Å². The third kappa shape index (κ3) is 6.54. The molecule has 0 bridgehead atoms. The number of nitrogens with one attached hydrogen (secondary N) is 2. The molecule has 29 heavy (non-hydrogen) atoms. The van der Waals surface area contributed by atoms with E-state index in [0.717, 1.165) is 64.3 Å². The van der Waals surface area contributed by atoms with Crippen LogP contribution in [0.15, 0.2) is 12.4 Å². The summed E-state index contributed by atoms with van der Waals surface area (Å²) >= 11 is 0. The molecule has 0 unspecified atom stereocenters. The Morgan fingerprint density at radius 3 is 2.76 bits per heavy atom. The van der Waals surface area contributed by atoms with Gasteiger partial charge >= 0.3 is 0 Å². The first-order valence-corrected chi connectivity index (χ1v) is 10.8. The normalized spacial score (nSPS) is 24.1. The largest absolute Gasteiger partial charge is 0.481 e. The van der Waals surface area contributed by atoms with Gasteiger partial charge < -0.3 is 20.1 Å². The van der Waals surface area contributed by atoms with Crippen LogP contribution in [0.2, 0.25) is 0 Å². The second-order valence-electron chi connectivity index (χ2n) is 8.50. The van der Waals surface area contributed by atoms with Crippen molar-refractivity contribution in [3.05, 3.63) is 12.4 Å². The number of carbonyl (C=O) groups is 1. The lowest BCUT2D eigenvalue weighted by Crippen LogP contribution is -2.47. The first-order chi connectivity index (χ1) is 14.0. The number of ether oxygens (including phenoxy) is 2. The van der Waals surface area contributed by atoms with Crippen LogP contribution in [0.1, 0.15) is 39.5 Å². The van der Waals surface area contributed by atoms with Crippen molar-refractivity contribution in [3.8, 4) is 5.88 Å². The molecule has 2 saturated heterocycles. The van der Waals surface area contributed by atoms with Crippen LogP contribution in [0.5, 0.6) is 5.88 Å². The van der Waals surface area contributed by atoms with Gasteiger partial charge in [-0.1, -0.05) is 13.8 Å². The van der Waals surface area contributed by atoms with Gasteiger partial charge in [0.15, 0.2) is 0 Å². The Hall–Kier alpha value is -1.93. The maximum Gasteiger partial charge on any atom is 0.224 e. The van der Waals surface area contributed by atoms with E-state index in [-0.39, 0.29) is 17.9 Å². The lowest BCUT2D eigenvalue weighted by Gasteiger charge is -2.36. The van der Waals surface area contributed by atoms with Gasteiger partial charge in [0.1, 0.15) is 12.1 Å². The topological polar surface area (TPSA) is 88.6 Å². The molecule has 0 aromatic carbocycles. The van der Waals surface area contributed by atoms with Crippen LogP contribution in [0.25, 0.3) is 0 Å². The van der Waals surface area contributed by atoms with Crippen molar-refractivity contribution in [2.75, 3.05) is 45.3 Å². The van der Waals surface area contributed by atoms with Crippen molar-refractivity contribution in [1.29, 1.82) is 0 Å². The van der Waals surface area contributed by atoms with Gasteiger partial charge in [-0.15, -0.1) is 0 Å². The first kappa shape index (κ1) is 21.8. The molecule has 0 saturated carbocycles. The Balaban J connectivity index is 1.69. The minimum absolute atomic E-state index is 0.0170. The molecule has 0 aliphatic carbocycles. The van der Waals surface area contributed by atoms with Gasteiger partial charge in [0.25, 0.3) is 0 Å². The van der Waals surface area contributed by atoms with Crippen molar-refractivity contribution < 1.29 is 14.3 Å². The van der Waals surface area contributed by atoms with E-state index in [2.05, 4.69) is 39.3 Å². The Kier molecular flexibility index (Phi) is 8.06. The highest BCUT2D eigenvalue weighted by molar-refractivity contribution is 5.78. The molecule has 0 spiro atoms. The lowest BCUT2D eigenvalue weighted by molar-refractivity contribution is -0.126. The second kappa shape index (κ2) is 10.7. The Morgan fingerprint density at radius 2 is 2.03 bits per heavy atom. The number of anilines is 1. The van der Waals surface area contributed by atoms with E-state index < -0.39 is 0 Å². The number of carbonyl (C=O) groups excluding carboxylic acids is 1. The summed E-state index contributed by atoms with van der Waals surface area (Å²) in [5.41, 5.74) is 0. The molecule has 2 N–H and O–H groups in total. The number of amides is 1. The smallest absolute Gasteiger partial charge is 0.224 e. The molecular weight excluding hydrogens is 370 g/mol. The monoisotopic (exact) mass is 405 g/mol. The van der Waals surface area contributed by atoms with Crippen molar-refractivity contribution >= 4 is 11.7 Å². The summed E-state index contributed by atoms with van der Waals surface area (Å²) in [6.07, 6.45) is 5.34. The summed E-state index contributed by atoms with van der Waals surface area (Å²) in [6.45, 7) is 8.27. The fraction of sp³-hybridized carbons (Fsp3) is 0.762. The Morgan fingerprint density at radius 1 is 1.24 bits per heavy atom. The minimum Gasteiger partial charge on any atom is -0.481 e. The number of hydrogen-bond acceptors (Lipinski definition) is 7. The highest BCUT2D eigenvalue weighted by Crippen LogP contribution is 2.25. The molecule has 2 aliphatic heterocycles. The first-order valence-electron chi connectivity index (χ1n) is 10.8. The van der Waals surface area contributed by atoms with E-state index in [0.29, 0.717) is 17.8 Å². The van der Waals surface area contributed by atoms with Gasteiger partial charge in [0, 0.05) is 51.0 Å². The van der Waals surface area contributed by atoms with Crippen LogP contribution in [0, 0.1) is 11.8 Å². The van der Waals surface area contributed by atoms with Gasteiger partial charge in [0.05, 0.1) is 13.0 Å². The number of hydrogen-bond donors (Lipinski definition) is 2. The molecule has 2 fully saturated rings. The third-order valence-electron chi connectivity index (χ3n) is 5.74. The molecule has 3 rings (SSSR count). The van der Waals surface area contributed by atoms with Crippen LogP contribution in [0.3, 0.4) is 0 Å². The molecule has 2 atom stereocenters. The molecule has 162 valence electrons. The van der Waals surface area contributed by atoms with Crippen LogP contribution in [-0.4, -0.2) is 72.8 Å². The maximum absolute atomic E-state index is 12.8. The van der Waals surface area contributed by atoms with E-state index in [1.54, 1.807) is 7.11 Å². The van der Waals surface area contributed by atoms with Crippen LogP contribution in [0.4, 0.5) is 5.82 Å². The van der Waals surface area contributed by atoms with Gasteiger partial charge in [0.2, 0.25) is 11.8 Å². The van der Waals surface area contributed by atoms with Crippen LogP contribution >= 0.6 is 0 Å². The van der Waals surface area contributed by atoms with Gasteiger partial charge in [-0.25, -0.2) is 9.97 Å². The quantitative estimate of drug-likeness (QED) is 0.716. The zero-order valence-corrected chi connectivity index (χ0v) is 17.9. The van der Waals surface area contributed by atoms with E-state index in [1.165, 1.54) is 6.33 Å². The number of nitrogens with zero attached hydrogens (tertiary/aromatic N) is 3. The predicted octanol–water partition coefficient (Wildman–Crippen LogP) is 1.93. The van der Waals surface area contributed by atoms with Crippen LogP contribution < -0.4 is 15.4 Å². The summed E-state index contributed by atoms with van der Waals surface area (Å²) in [6, 6.07) is 2.50. The van der Waals surface area contributed by atoms with E-state index >= 15 is 0 Å². The minimum atomic E-state index is 0.0170. The molecule has 1 amide bonds. The fourth-order valence-electron chi connectivity index (χ4n) is 4.09. The number of aromatic nitrogens is 2. The molecule has 1 aromatic rings. The molecule has 8 heteroatoms. The van der Waals surface area contributed by atoms with Gasteiger partial charge in [-0.3, -0.25) is 9.69 Å². The summed E-state index contributed by atoms with van der Waals surface area (Å²) in [5.74, 6) is 1.96.